The van der Waals surface area contributed by atoms with Crippen LogP contribution in [0.5, 0.6) is 11.5 Å². The smallest absolute Gasteiger partial charge is 0.395 e. The highest BCUT2D eigenvalue weighted by Gasteiger charge is 2.43. The molecule has 1 aliphatic heterocycles. The van der Waals surface area contributed by atoms with Crippen LogP contribution in [0.4, 0.5) is 19.6 Å². The molecular weight excluding hydrogens is 350 g/mol. The summed E-state index contributed by atoms with van der Waals surface area (Å²) in [5.74, 6) is -0.385. The van der Waals surface area contributed by atoms with Gasteiger partial charge in [-0.3, -0.25) is 4.79 Å². The lowest BCUT2D eigenvalue weighted by molar-refractivity contribution is -0.286. The van der Waals surface area contributed by atoms with E-state index in [-0.39, 0.29) is 23.2 Å². The third kappa shape index (κ3) is 3.79. The van der Waals surface area contributed by atoms with E-state index >= 15 is 0 Å². The van der Waals surface area contributed by atoms with Crippen molar-refractivity contribution in [2.24, 2.45) is 0 Å². The molecule has 11 heteroatoms. The first-order valence-corrected chi connectivity index (χ1v) is 8.09. The predicted octanol–water partition coefficient (Wildman–Crippen LogP) is 2.63. The number of fused-ring (bicyclic) bond motifs is 1. The number of hydrogen-bond acceptors (Lipinski definition) is 8. The normalized spacial score (nSPS) is 14.6. The summed E-state index contributed by atoms with van der Waals surface area (Å²) >= 11 is 2.55. The summed E-state index contributed by atoms with van der Waals surface area (Å²) in [6.07, 6.45) is -3.68. The van der Waals surface area contributed by atoms with E-state index < -0.39 is 6.29 Å². The Morgan fingerprint density at radius 3 is 2.87 bits per heavy atom. The minimum absolute atomic E-state index is 0.0733. The van der Waals surface area contributed by atoms with Crippen LogP contribution in [-0.4, -0.2) is 35.2 Å². The zero-order valence-electron chi connectivity index (χ0n) is 11.6. The third-order valence-corrected chi connectivity index (χ3v) is 4.71. The molecule has 0 spiro atoms. The average molecular weight is 360 g/mol. The molecule has 0 bridgehead atoms. The highest BCUT2D eigenvalue weighted by Crippen LogP contribution is 2.42. The molecule has 7 nitrogen and oxygen atoms in total. The van der Waals surface area contributed by atoms with Gasteiger partial charge in [0.05, 0.1) is 5.75 Å². The maximum absolute atomic E-state index is 12.9. The molecule has 2 heterocycles. The molecule has 0 aliphatic carbocycles. The first kappa shape index (κ1) is 15.7. The van der Waals surface area contributed by atoms with Crippen LogP contribution in [0.25, 0.3) is 0 Å². The molecular formula is C12H10F2N4O3S2. The highest BCUT2D eigenvalue weighted by molar-refractivity contribution is 8.01. The number of hydrogen-bond donors (Lipinski definition) is 2. The van der Waals surface area contributed by atoms with Crippen molar-refractivity contribution < 1.29 is 23.0 Å². The lowest BCUT2D eigenvalue weighted by atomic mass is 10.3. The lowest BCUT2D eigenvalue weighted by Gasteiger charge is -2.05. The van der Waals surface area contributed by atoms with Crippen molar-refractivity contribution in [2.45, 2.75) is 10.6 Å². The Bertz CT molecular complexity index is 741. The minimum Gasteiger partial charge on any atom is -0.395 e. The van der Waals surface area contributed by atoms with Gasteiger partial charge in [-0.2, -0.15) is 0 Å². The maximum atomic E-state index is 12.9. The zero-order chi connectivity index (χ0) is 16.4. The molecule has 0 unspecified atom stereocenters. The van der Waals surface area contributed by atoms with Gasteiger partial charge in [-0.05, 0) is 12.1 Å². The van der Waals surface area contributed by atoms with Crippen LogP contribution >= 0.6 is 23.1 Å². The zero-order valence-corrected chi connectivity index (χ0v) is 13.3. The van der Waals surface area contributed by atoms with E-state index in [4.69, 9.17) is 0 Å². The number of nitrogens with one attached hydrogen (secondary N) is 2. The Morgan fingerprint density at radius 1 is 1.35 bits per heavy atom. The minimum atomic E-state index is -3.68. The number of aromatic nitrogens is 2. The van der Waals surface area contributed by atoms with Gasteiger partial charge in [0, 0.05) is 18.8 Å². The highest BCUT2D eigenvalue weighted by atomic mass is 32.2. The van der Waals surface area contributed by atoms with Crippen LogP contribution in [0.2, 0.25) is 0 Å². The van der Waals surface area contributed by atoms with Gasteiger partial charge in [-0.25, -0.2) is 0 Å². The molecule has 1 aromatic heterocycles. The number of halogens is 2. The van der Waals surface area contributed by atoms with Crippen LogP contribution in [-0.2, 0) is 4.79 Å². The number of benzene rings is 1. The van der Waals surface area contributed by atoms with Crippen molar-refractivity contribution in [1.82, 2.24) is 10.2 Å². The molecule has 0 radical (unpaired) electrons. The number of carbonyl (C=O) groups excluding carboxylic acids is 1. The Kier molecular flexibility index (Phi) is 4.22. The van der Waals surface area contributed by atoms with E-state index in [1.807, 2.05) is 0 Å². The molecule has 1 amide bonds. The number of carbonyl (C=O) groups is 1. The number of alkyl halides is 2. The van der Waals surface area contributed by atoms with Gasteiger partial charge < -0.3 is 20.1 Å². The molecule has 3 rings (SSSR count). The molecule has 1 aromatic carbocycles. The van der Waals surface area contributed by atoms with E-state index in [2.05, 4.69) is 30.3 Å². The number of amides is 1. The van der Waals surface area contributed by atoms with Gasteiger partial charge in [0.15, 0.2) is 15.8 Å². The van der Waals surface area contributed by atoms with E-state index in [1.54, 1.807) is 7.05 Å². The first-order valence-electron chi connectivity index (χ1n) is 6.29. The largest absolute Gasteiger partial charge is 0.586 e. The number of thioether (sulfide) groups is 1. The lowest BCUT2D eigenvalue weighted by Crippen LogP contribution is -2.25. The molecule has 0 atom stereocenters. The quantitative estimate of drug-likeness (QED) is 0.793. The van der Waals surface area contributed by atoms with Crippen molar-refractivity contribution in [1.29, 1.82) is 0 Å². The van der Waals surface area contributed by atoms with Crippen molar-refractivity contribution in [2.75, 3.05) is 23.4 Å². The molecule has 1 aliphatic rings. The molecule has 0 fully saturated rings. The van der Waals surface area contributed by atoms with Crippen molar-refractivity contribution >= 4 is 39.8 Å². The first-order chi connectivity index (χ1) is 10.9. The summed E-state index contributed by atoms with van der Waals surface area (Å²) in [5.41, 5.74) is 0.337. The average Bonchev–Trinajstić information content (AvgIpc) is 3.06. The standard InChI is InChI=1S/C12H10F2N4O3S2/c1-15-10-17-18-11(23-10)22-5-9(19)16-6-2-3-7-8(4-6)21-12(13,14)20-7/h2-4H,5H2,1H3,(H,15,17)(H,16,19). The number of ether oxygens (including phenoxy) is 2. The van der Waals surface area contributed by atoms with Gasteiger partial charge in [-0.15, -0.1) is 19.0 Å². The fourth-order valence-electron chi connectivity index (χ4n) is 1.72. The van der Waals surface area contributed by atoms with Gasteiger partial charge in [-0.1, -0.05) is 23.1 Å². The van der Waals surface area contributed by atoms with Crippen LogP contribution in [0.15, 0.2) is 22.5 Å². The van der Waals surface area contributed by atoms with Crippen LogP contribution < -0.4 is 20.1 Å². The van der Waals surface area contributed by atoms with E-state index in [0.29, 0.717) is 15.2 Å². The SMILES string of the molecule is CNc1nnc(SCC(=O)Nc2ccc3c(c2)OC(F)(F)O3)s1. The third-order valence-electron chi connectivity index (χ3n) is 2.63. The van der Waals surface area contributed by atoms with Crippen molar-refractivity contribution in [3.05, 3.63) is 18.2 Å². The van der Waals surface area contributed by atoms with E-state index in [0.717, 1.165) is 0 Å². The summed E-state index contributed by atoms with van der Waals surface area (Å²) in [4.78, 5) is 11.9. The topological polar surface area (TPSA) is 85.4 Å². The second-order valence-electron chi connectivity index (χ2n) is 4.29. The Balaban J connectivity index is 1.56. The summed E-state index contributed by atoms with van der Waals surface area (Å²) in [6.45, 7) is 0. The molecule has 0 saturated carbocycles. The van der Waals surface area contributed by atoms with Crippen LogP contribution in [0.1, 0.15) is 0 Å². The Labute approximate surface area is 137 Å². The molecule has 0 saturated heterocycles. The van der Waals surface area contributed by atoms with Crippen LogP contribution in [0.3, 0.4) is 0 Å². The maximum Gasteiger partial charge on any atom is 0.586 e. The number of rotatable bonds is 5. The van der Waals surface area contributed by atoms with E-state index in [9.17, 15) is 13.6 Å². The van der Waals surface area contributed by atoms with Crippen molar-refractivity contribution in [3.8, 4) is 11.5 Å². The number of anilines is 2. The molecule has 122 valence electrons. The molecule has 2 aromatic rings. The van der Waals surface area contributed by atoms with Crippen molar-refractivity contribution in [3.63, 3.8) is 0 Å². The monoisotopic (exact) mass is 360 g/mol. The summed E-state index contributed by atoms with van der Waals surface area (Å²) in [5, 5.41) is 13.8. The second kappa shape index (κ2) is 6.16. The Hall–Kier alpha value is -2.14. The number of nitrogens with zero attached hydrogens (tertiary/aromatic N) is 2. The van der Waals surface area contributed by atoms with Crippen LogP contribution in [0, 0.1) is 0 Å². The van der Waals surface area contributed by atoms with Gasteiger partial charge >= 0.3 is 6.29 Å². The molecule has 2 N–H and O–H groups in total. The fraction of sp³-hybridized carbons (Fsp3) is 0.250. The van der Waals surface area contributed by atoms with Gasteiger partial charge in [0.2, 0.25) is 11.0 Å². The fourth-order valence-corrected chi connectivity index (χ4v) is 3.23. The predicted molar refractivity (Wildman–Crippen MR) is 81.5 cm³/mol. The van der Waals surface area contributed by atoms with E-state index in [1.165, 1.54) is 41.3 Å². The Morgan fingerprint density at radius 2 is 2.13 bits per heavy atom. The second-order valence-corrected chi connectivity index (χ2v) is 6.49. The summed E-state index contributed by atoms with van der Waals surface area (Å²) in [7, 11) is 1.73. The molecule has 23 heavy (non-hydrogen) atoms. The summed E-state index contributed by atoms with van der Waals surface area (Å²) < 4.78 is 35.1. The van der Waals surface area contributed by atoms with Gasteiger partial charge in [0.1, 0.15) is 0 Å². The van der Waals surface area contributed by atoms with Gasteiger partial charge in [0.25, 0.3) is 0 Å². The summed E-state index contributed by atoms with van der Waals surface area (Å²) in [6, 6.07) is 4.04.